The van der Waals surface area contributed by atoms with E-state index in [0.29, 0.717) is 40.9 Å². The molecule has 3 aromatic carbocycles. The fourth-order valence-electron chi connectivity index (χ4n) is 3.08. The SMILES string of the molecule is O=c1c2ccccc2oc2cc3cc4c(cc3cc12)OCCO4. The molecule has 0 amide bonds. The Labute approximate surface area is 130 Å². The van der Waals surface area contributed by atoms with E-state index in [0.717, 1.165) is 16.5 Å². The molecule has 5 rings (SSSR count). The van der Waals surface area contributed by atoms with Crippen molar-refractivity contribution in [3.8, 4) is 11.5 Å². The van der Waals surface area contributed by atoms with Gasteiger partial charge in [0.25, 0.3) is 0 Å². The van der Waals surface area contributed by atoms with Gasteiger partial charge in [-0.25, -0.2) is 0 Å². The first-order chi connectivity index (χ1) is 11.3. The van der Waals surface area contributed by atoms with Crippen molar-refractivity contribution in [3.05, 3.63) is 58.8 Å². The van der Waals surface area contributed by atoms with Crippen LogP contribution in [0, 0.1) is 0 Å². The summed E-state index contributed by atoms with van der Waals surface area (Å²) in [4.78, 5) is 12.7. The summed E-state index contributed by atoms with van der Waals surface area (Å²) >= 11 is 0. The molecule has 23 heavy (non-hydrogen) atoms. The standard InChI is InChI=1S/C19H12O4/c20-19-13-3-1-2-4-15(13)23-16-8-12-10-18-17(21-5-6-22-18)9-11(12)7-14(16)19/h1-4,7-10H,5-6H2. The predicted octanol–water partition coefficient (Wildman–Crippen LogP) is 3.87. The van der Waals surface area contributed by atoms with Gasteiger partial charge in [0.2, 0.25) is 5.43 Å². The van der Waals surface area contributed by atoms with Crippen LogP contribution in [0.2, 0.25) is 0 Å². The van der Waals surface area contributed by atoms with E-state index in [2.05, 4.69) is 0 Å². The lowest BCUT2D eigenvalue weighted by molar-refractivity contribution is 0.172. The molecule has 1 aliphatic rings. The minimum Gasteiger partial charge on any atom is -0.486 e. The second-order valence-corrected chi connectivity index (χ2v) is 5.62. The molecule has 0 N–H and O–H groups in total. The summed E-state index contributed by atoms with van der Waals surface area (Å²) in [6, 6.07) is 14.9. The van der Waals surface area contributed by atoms with Crippen molar-refractivity contribution in [2.75, 3.05) is 13.2 Å². The largest absolute Gasteiger partial charge is 0.486 e. The van der Waals surface area contributed by atoms with E-state index < -0.39 is 0 Å². The molecule has 4 heteroatoms. The molecule has 0 bridgehead atoms. The molecular weight excluding hydrogens is 292 g/mol. The lowest BCUT2D eigenvalue weighted by Crippen LogP contribution is -2.15. The molecule has 0 saturated heterocycles. The second-order valence-electron chi connectivity index (χ2n) is 5.62. The predicted molar refractivity (Wildman–Crippen MR) is 88.5 cm³/mol. The van der Waals surface area contributed by atoms with E-state index >= 15 is 0 Å². The van der Waals surface area contributed by atoms with Gasteiger partial charge in [-0.15, -0.1) is 0 Å². The topological polar surface area (TPSA) is 48.7 Å². The zero-order valence-electron chi connectivity index (χ0n) is 12.2. The molecule has 112 valence electrons. The highest BCUT2D eigenvalue weighted by Crippen LogP contribution is 2.36. The number of ether oxygens (including phenoxy) is 2. The van der Waals surface area contributed by atoms with Crippen molar-refractivity contribution in [1.82, 2.24) is 0 Å². The lowest BCUT2D eigenvalue weighted by Gasteiger charge is -2.19. The third-order valence-electron chi connectivity index (χ3n) is 4.20. The van der Waals surface area contributed by atoms with E-state index in [1.165, 1.54) is 0 Å². The van der Waals surface area contributed by atoms with Gasteiger partial charge in [-0.05, 0) is 47.2 Å². The Balaban J connectivity index is 1.91. The highest BCUT2D eigenvalue weighted by Gasteiger charge is 2.14. The maximum Gasteiger partial charge on any atom is 0.200 e. The molecule has 2 heterocycles. The van der Waals surface area contributed by atoms with Gasteiger partial charge >= 0.3 is 0 Å². The fraction of sp³-hybridized carbons (Fsp3) is 0.105. The number of hydrogen-bond acceptors (Lipinski definition) is 4. The number of benzene rings is 3. The smallest absolute Gasteiger partial charge is 0.200 e. The zero-order valence-corrected chi connectivity index (χ0v) is 12.2. The van der Waals surface area contributed by atoms with Crippen LogP contribution < -0.4 is 14.9 Å². The molecule has 0 spiro atoms. The summed E-state index contributed by atoms with van der Waals surface area (Å²) in [7, 11) is 0. The summed E-state index contributed by atoms with van der Waals surface area (Å²) in [5.41, 5.74) is 1.17. The minimum absolute atomic E-state index is 0.0151. The first-order valence-electron chi connectivity index (χ1n) is 7.48. The molecule has 4 nitrogen and oxygen atoms in total. The van der Waals surface area contributed by atoms with Crippen molar-refractivity contribution in [2.24, 2.45) is 0 Å². The Morgan fingerprint density at radius 3 is 2.22 bits per heavy atom. The van der Waals surface area contributed by atoms with Crippen LogP contribution in [0.5, 0.6) is 11.5 Å². The summed E-state index contributed by atoms with van der Waals surface area (Å²) < 4.78 is 17.1. The van der Waals surface area contributed by atoms with Gasteiger partial charge < -0.3 is 13.9 Å². The Morgan fingerprint density at radius 2 is 1.43 bits per heavy atom. The van der Waals surface area contributed by atoms with Gasteiger partial charge in [-0.3, -0.25) is 4.79 Å². The maximum absolute atomic E-state index is 12.7. The average Bonchev–Trinajstić information content (AvgIpc) is 2.59. The lowest BCUT2D eigenvalue weighted by atomic mass is 10.0. The molecule has 1 aromatic heterocycles. The number of rotatable bonds is 0. The van der Waals surface area contributed by atoms with Crippen molar-refractivity contribution in [3.63, 3.8) is 0 Å². The van der Waals surface area contributed by atoms with Crippen LogP contribution in [0.1, 0.15) is 0 Å². The average molecular weight is 304 g/mol. The molecule has 0 aliphatic carbocycles. The molecule has 4 aromatic rings. The third-order valence-corrected chi connectivity index (χ3v) is 4.20. The van der Waals surface area contributed by atoms with Crippen LogP contribution in [-0.4, -0.2) is 13.2 Å². The Kier molecular flexibility index (Phi) is 2.45. The Morgan fingerprint density at radius 1 is 0.739 bits per heavy atom. The third kappa shape index (κ3) is 1.81. The number of para-hydroxylation sites is 1. The quantitative estimate of drug-likeness (QED) is 0.463. The summed E-state index contributed by atoms with van der Waals surface area (Å²) in [6.45, 7) is 1.09. The van der Waals surface area contributed by atoms with Crippen LogP contribution in [-0.2, 0) is 0 Å². The number of fused-ring (bicyclic) bond motifs is 4. The first-order valence-corrected chi connectivity index (χ1v) is 7.48. The molecule has 0 saturated carbocycles. The van der Waals surface area contributed by atoms with Gasteiger partial charge in [0.1, 0.15) is 24.4 Å². The maximum atomic E-state index is 12.7. The van der Waals surface area contributed by atoms with Crippen molar-refractivity contribution < 1.29 is 13.9 Å². The highest BCUT2D eigenvalue weighted by atomic mass is 16.6. The van der Waals surface area contributed by atoms with E-state index in [1.807, 2.05) is 42.5 Å². The van der Waals surface area contributed by atoms with E-state index in [1.54, 1.807) is 6.07 Å². The van der Waals surface area contributed by atoms with Gasteiger partial charge in [0.05, 0.1) is 10.8 Å². The minimum atomic E-state index is -0.0151. The van der Waals surface area contributed by atoms with E-state index in [-0.39, 0.29) is 5.43 Å². The van der Waals surface area contributed by atoms with Crippen molar-refractivity contribution in [2.45, 2.75) is 0 Å². The Bertz CT molecular complexity index is 1140. The van der Waals surface area contributed by atoms with Gasteiger partial charge in [0.15, 0.2) is 11.5 Å². The van der Waals surface area contributed by atoms with Crippen molar-refractivity contribution in [1.29, 1.82) is 0 Å². The van der Waals surface area contributed by atoms with Crippen LogP contribution in [0.25, 0.3) is 32.7 Å². The van der Waals surface area contributed by atoms with E-state index in [4.69, 9.17) is 13.9 Å². The molecule has 0 unspecified atom stereocenters. The van der Waals surface area contributed by atoms with E-state index in [9.17, 15) is 4.79 Å². The molecule has 0 fully saturated rings. The highest BCUT2D eigenvalue weighted by molar-refractivity contribution is 6.00. The van der Waals surface area contributed by atoms with Crippen LogP contribution in [0.4, 0.5) is 0 Å². The number of hydrogen-bond donors (Lipinski definition) is 0. The van der Waals surface area contributed by atoms with Crippen molar-refractivity contribution >= 4 is 32.7 Å². The molecule has 0 atom stereocenters. The second kappa shape index (κ2) is 4.49. The first kappa shape index (κ1) is 12.5. The normalized spacial score (nSPS) is 13.7. The van der Waals surface area contributed by atoms with Crippen LogP contribution in [0.15, 0.2) is 57.7 Å². The summed E-state index contributed by atoms with van der Waals surface area (Å²) in [5, 5.41) is 3.06. The zero-order chi connectivity index (χ0) is 15.4. The van der Waals surface area contributed by atoms with Gasteiger partial charge in [-0.2, -0.15) is 0 Å². The molecule has 0 radical (unpaired) electrons. The molecular formula is C19H12O4. The molecule has 1 aliphatic heterocycles. The summed E-state index contributed by atoms with van der Waals surface area (Å²) in [6.07, 6.45) is 0. The summed E-state index contributed by atoms with van der Waals surface area (Å²) in [5.74, 6) is 1.44. The van der Waals surface area contributed by atoms with Crippen LogP contribution in [0.3, 0.4) is 0 Å². The Hall–Kier alpha value is -3.01. The monoisotopic (exact) mass is 304 g/mol. The van der Waals surface area contributed by atoms with Gasteiger partial charge in [-0.1, -0.05) is 12.1 Å². The van der Waals surface area contributed by atoms with Gasteiger partial charge in [0, 0.05) is 0 Å². The fourth-order valence-corrected chi connectivity index (χ4v) is 3.08. The van der Waals surface area contributed by atoms with Crippen LogP contribution >= 0.6 is 0 Å².